The molecular weight excluding hydrogens is 450 g/mol. The third kappa shape index (κ3) is 4.48. The van der Waals surface area contributed by atoms with Gasteiger partial charge >= 0.3 is 0 Å². The van der Waals surface area contributed by atoms with Crippen molar-refractivity contribution < 1.29 is 4.79 Å². The van der Waals surface area contributed by atoms with E-state index < -0.39 is 11.4 Å². The van der Waals surface area contributed by atoms with Crippen LogP contribution in [0.25, 0.3) is 33.4 Å². The molecule has 3 aromatic heterocycles. The van der Waals surface area contributed by atoms with Gasteiger partial charge < -0.3 is 11.1 Å². The number of nitrogens with two attached hydrogens (primary N) is 1. The summed E-state index contributed by atoms with van der Waals surface area (Å²) in [5.41, 5.74) is 10.8. The topological polar surface area (TPSA) is 120 Å². The molecule has 8 nitrogen and oxygen atoms in total. The van der Waals surface area contributed by atoms with Crippen molar-refractivity contribution in [3.05, 3.63) is 96.1 Å². The predicted octanol–water partition coefficient (Wildman–Crippen LogP) is 4.70. The highest BCUT2D eigenvalue weighted by molar-refractivity contribution is 5.98. The fourth-order valence-electron chi connectivity index (χ4n) is 4.01. The quantitative estimate of drug-likeness (QED) is 0.378. The number of rotatable bonds is 5. The lowest BCUT2D eigenvalue weighted by molar-refractivity contribution is 0.0905. The van der Waals surface area contributed by atoms with Gasteiger partial charge in [-0.05, 0) is 50.6 Å². The zero-order valence-electron chi connectivity index (χ0n) is 20.2. The van der Waals surface area contributed by atoms with Crippen molar-refractivity contribution >= 4 is 22.6 Å². The second-order valence-electron chi connectivity index (χ2n) is 9.13. The summed E-state index contributed by atoms with van der Waals surface area (Å²) in [4.78, 5) is 27.2. The number of hydrogen-bond acceptors (Lipinski definition) is 7. The second-order valence-corrected chi connectivity index (χ2v) is 9.13. The summed E-state index contributed by atoms with van der Waals surface area (Å²) in [5.74, 6) is -0.402. The van der Waals surface area contributed by atoms with Gasteiger partial charge in [0.25, 0.3) is 5.91 Å². The fraction of sp³-hybridized carbons (Fsp3) is 0.143. The van der Waals surface area contributed by atoms with Gasteiger partial charge in [-0.15, -0.1) is 0 Å². The Kier molecular flexibility index (Phi) is 5.85. The number of nitrogens with zero attached hydrogens (tertiary/aromatic N) is 5. The molecule has 0 bridgehead atoms. The van der Waals surface area contributed by atoms with Crippen molar-refractivity contribution in [1.82, 2.24) is 30.5 Å². The summed E-state index contributed by atoms with van der Waals surface area (Å²) < 4.78 is 0. The van der Waals surface area contributed by atoms with Gasteiger partial charge in [-0.2, -0.15) is 10.2 Å². The maximum atomic E-state index is 13.4. The lowest BCUT2D eigenvalue weighted by Gasteiger charge is -2.25. The number of anilines is 1. The standard InChI is InChI=1S/C28H25N7O/c1-17-14-22(35-31-16-17)28(2,3)34-27(36)25-26(29)33-23(18-8-5-4-6-9-18)24(32-25)20-11-12-21-19(15-20)10-7-13-30-21/h4-16H,1-3H3,(H2,29,33)(H,34,36). The van der Waals surface area contributed by atoms with Crippen LogP contribution in [0.15, 0.2) is 79.1 Å². The molecular formula is C28H25N7O. The van der Waals surface area contributed by atoms with Crippen molar-refractivity contribution in [2.75, 3.05) is 5.73 Å². The third-order valence-electron chi connectivity index (χ3n) is 5.92. The van der Waals surface area contributed by atoms with E-state index in [1.165, 1.54) is 0 Å². The number of amides is 1. The summed E-state index contributed by atoms with van der Waals surface area (Å²) in [5, 5.41) is 12.1. The highest BCUT2D eigenvalue weighted by atomic mass is 16.2. The number of fused-ring (bicyclic) bond motifs is 1. The van der Waals surface area contributed by atoms with Gasteiger partial charge in [-0.25, -0.2) is 9.97 Å². The lowest BCUT2D eigenvalue weighted by Crippen LogP contribution is -2.42. The molecule has 3 heterocycles. The van der Waals surface area contributed by atoms with Gasteiger partial charge in [0.1, 0.15) is 0 Å². The Morgan fingerprint density at radius 2 is 1.69 bits per heavy atom. The van der Waals surface area contributed by atoms with Gasteiger partial charge in [0.15, 0.2) is 11.5 Å². The molecule has 0 aliphatic carbocycles. The Morgan fingerprint density at radius 3 is 2.47 bits per heavy atom. The zero-order chi connectivity index (χ0) is 25.3. The Hall–Kier alpha value is -4.72. The van der Waals surface area contributed by atoms with Gasteiger partial charge in [-0.3, -0.25) is 9.78 Å². The van der Waals surface area contributed by atoms with E-state index in [9.17, 15) is 4.79 Å². The van der Waals surface area contributed by atoms with Crippen LogP contribution in [-0.4, -0.2) is 31.1 Å². The zero-order valence-corrected chi connectivity index (χ0v) is 20.2. The molecule has 36 heavy (non-hydrogen) atoms. The van der Waals surface area contributed by atoms with Gasteiger partial charge in [0.2, 0.25) is 0 Å². The van der Waals surface area contributed by atoms with Crippen LogP contribution in [0.4, 0.5) is 5.82 Å². The Bertz CT molecular complexity index is 1580. The minimum Gasteiger partial charge on any atom is -0.382 e. The van der Waals surface area contributed by atoms with E-state index in [1.54, 1.807) is 12.4 Å². The van der Waals surface area contributed by atoms with E-state index in [1.807, 2.05) is 87.5 Å². The number of pyridine rings is 1. The van der Waals surface area contributed by atoms with Crippen LogP contribution < -0.4 is 11.1 Å². The summed E-state index contributed by atoms with van der Waals surface area (Å²) in [6.07, 6.45) is 3.42. The number of hydrogen-bond donors (Lipinski definition) is 2. The Balaban J connectivity index is 1.61. The molecule has 0 fully saturated rings. The average Bonchev–Trinajstić information content (AvgIpc) is 2.88. The van der Waals surface area contributed by atoms with Crippen molar-refractivity contribution in [2.24, 2.45) is 0 Å². The summed E-state index contributed by atoms with van der Waals surface area (Å²) >= 11 is 0. The first-order valence-corrected chi connectivity index (χ1v) is 11.5. The summed E-state index contributed by atoms with van der Waals surface area (Å²) in [6, 6.07) is 21.3. The molecule has 0 saturated carbocycles. The minimum atomic E-state index is -0.808. The van der Waals surface area contributed by atoms with Gasteiger partial charge in [-0.1, -0.05) is 42.5 Å². The largest absolute Gasteiger partial charge is 0.382 e. The predicted molar refractivity (Wildman–Crippen MR) is 140 cm³/mol. The maximum absolute atomic E-state index is 13.4. The number of benzene rings is 2. The summed E-state index contributed by atoms with van der Waals surface area (Å²) in [6.45, 7) is 5.63. The highest BCUT2D eigenvalue weighted by Gasteiger charge is 2.28. The Labute approximate surface area is 208 Å². The molecule has 0 atom stereocenters. The van der Waals surface area contributed by atoms with E-state index in [0.717, 1.165) is 27.6 Å². The maximum Gasteiger partial charge on any atom is 0.274 e. The van der Waals surface area contributed by atoms with Crippen molar-refractivity contribution in [3.8, 4) is 22.5 Å². The SMILES string of the molecule is Cc1cnnc(C(C)(C)NC(=O)c2nc(-c3ccc4ncccc4c3)c(-c3ccccc3)nc2N)c1. The van der Waals surface area contributed by atoms with Crippen molar-refractivity contribution in [3.63, 3.8) is 0 Å². The molecule has 3 N–H and O–H groups in total. The van der Waals surface area contributed by atoms with E-state index in [0.29, 0.717) is 17.1 Å². The molecule has 0 aliphatic heterocycles. The molecule has 0 unspecified atom stereocenters. The van der Waals surface area contributed by atoms with Crippen LogP contribution in [0.5, 0.6) is 0 Å². The molecule has 8 heteroatoms. The molecule has 1 amide bonds. The number of carbonyl (C=O) groups is 1. The third-order valence-corrected chi connectivity index (χ3v) is 5.92. The second kappa shape index (κ2) is 9.14. The number of aryl methyl sites for hydroxylation is 1. The number of nitrogen functional groups attached to an aromatic ring is 1. The molecule has 5 aromatic rings. The first-order valence-electron chi connectivity index (χ1n) is 11.5. The number of aromatic nitrogens is 5. The first kappa shape index (κ1) is 23.0. The van der Waals surface area contributed by atoms with Crippen LogP contribution in [0.3, 0.4) is 0 Å². The number of nitrogens with one attached hydrogen (secondary N) is 1. The fourth-order valence-corrected chi connectivity index (χ4v) is 4.01. The monoisotopic (exact) mass is 475 g/mol. The lowest BCUT2D eigenvalue weighted by atomic mass is 9.98. The van der Waals surface area contributed by atoms with E-state index in [-0.39, 0.29) is 11.5 Å². The van der Waals surface area contributed by atoms with Crippen LogP contribution >= 0.6 is 0 Å². The normalized spacial score (nSPS) is 11.4. The van der Waals surface area contributed by atoms with Crippen molar-refractivity contribution in [2.45, 2.75) is 26.3 Å². The van der Waals surface area contributed by atoms with E-state index >= 15 is 0 Å². The minimum absolute atomic E-state index is 0.0451. The van der Waals surface area contributed by atoms with Gasteiger partial charge in [0, 0.05) is 22.7 Å². The average molecular weight is 476 g/mol. The summed E-state index contributed by atoms with van der Waals surface area (Å²) in [7, 11) is 0. The molecule has 0 aliphatic rings. The molecule has 0 radical (unpaired) electrons. The van der Waals surface area contributed by atoms with Crippen molar-refractivity contribution in [1.29, 1.82) is 0 Å². The van der Waals surface area contributed by atoms with E-state index in [4.69, 9.17) is 10.7 Å². The highest BCUT2D eigenvalue weighted by Crippen LogP contribution is 2.32. The van der Waals surface area contributed by atoms with Crippen LogP contribution in [0, 0.1) is 6.92 Å². The van der Waals surface area contributed by atoms with Gasteiger partial charge in [0.05, 0.1) is 34.3 Å². The molecule has 0 saturated heterocycles. The molecule has 178 valence electrons. The Morgan fingerprint density at radius 1 is 0.917 bits per heavy atom. The molecule has 5 rings (SSSR count). The molecule has 0 spiro atoms. The van der Waals surface area contributed by atoms with Crippen LogP contribution in [0.1, 0.15) is 35.6 Å². The van der Waals surface area contributed by atoms with E-state index in [2.05, 4.69) is 25.5 Å². The number of carbonyl (C=O) groups excluding carboxylic acids is 1. The first-order chi connectivity index (χ1) is 17.3. The smallest absolute Gasteiger partial charge is 0.274 e. The molecule has 2 aromatic carbocycles. The van der Waals surface area contributed by atoms with Crippen LogP contribution in [-0.2, 0) is 5.54 Å². The van der Waals surface area contributed by atoms with Crippen LogP contribution in [0.2, 0.25) is 0 Å².